The smallest absolute Gasteiger partial charge is 0.00620 e. The quantitative estimate of drug-likeness (QED) is 0.175. The van der Waals surface area contributed by atoms with Crippen molar-refractivity contribution < 1.29 is 0 Å². The summed E-state index contributed by atoms with van der Waals surface area (Å²) >= 11 is 0. The zero-order valence-electron chi connectivity index (χ0n) is 26.8. The molecular weight excluding hydrogens is 577 g/mol. The highest BCUT2D eigenvalue weighted by atomic mass is 14.2. The summed E-state index contributed by atoms with van der Waals surface area (Å²) in [6, 6.07) is 48.0. The molecule has 0 saturated heterocycles. The van der Waals surface area contributed by atoms with Gasteiger partial charge in [-0.2, -0.15) is 0 Å². The van der Waals surface area contributed by atoms with Gasteiger partial charge in [0, 0.05) is 5.92 Å². The molecule has 3 aliphatic carbocycles. The van der Waals surface area contributed by atoms with Crippen LogP contribution in [0.25, 0.3) is 77.9 Å². The predicted molar refractivity (Wildman–Crippen MR) is 205 cm³/mol. The van der Waals surface area contributed by atoms with Crippen molar-refractivity contribution in [1.82, 2.24) is 0 Å². The first-order chi connectivity index (χ1) is 23.8. The van der Waals surface area contributed by atoms with Gasteiger partial charge in [-0.25, -0.2) is 0 Å². The molecule has 0 nitrogen and oxygen atoms in total. The molecule has 1 unspecified atom stereocenters. The monoisotopic (exact) mass is 610 g/mol. The summed E-state index contributed by atoms with van der Waals surface area (Å²) in [5.41, 5.74) is 9.40. The number of allylic oxidation sites excluding steroid dienone is 4. The van der Waals surface area contributed by atoms with Gasteiger partial charge in [-0.3, -0.25) is 0 Å². The van der Waals surface area contributed by atoms with Crippen LogP contribution in [0.4, 0.5) is 0 Å². The van der Waals surface area contributed by atoms with E-state index in [1.54, 1.807) is 0 Å². The molecule has 0 amide bonds. The van der Waals surface area contributed by atoms with Crippen LogP contribution >= 0.6 is 0 Å². The first kappa shape index (κ1) is 27.4. The molecule has 0 fully saturated rings. The summed E-state index contributed by atoms with van der Waals surface area (Å²) in [5, 5.41) is 13.2. The Morgan fingerprint density at radius 2 is 1.21 bits per heavy atom. The molecule has 0 bridgehead atoms. The van der Waals surface area contributed by atoms with Crippen molar-refractivity contribution in [3.63, 3.8) is 0 Å². The normalized spacial score (nSPS) is 16.4. The van der Waals surface area contributed by atoms with Gasteiger partial charge in [0.05, 0.1) is 0 Å². The van der Waals surface area contributed by atoms with Crippen LogP contribution < -0.4 is 20.9 Å². The van der Waals surface area contributed by atoms with Gasteiger partial charge >= 0.3 is 0 Å². The fraction of sp³-hybridized carbons (Fsp3) is 0.0833. The van der Waals surface area contributed by atoms with E-state index in [0.29, 0.717) is 5.92 Å². The summed E-state index contributed by atoms with van der Waals surface area (Å²) in [6.45, 7) is 0. The van der Waals surface area contributed by atoms with Crippen LogP contribution in [0, 0.1) is 5.92 Å². The average molecular weight is 611 g/mol. The van der Waals surface area contributed by atoms with Gasteiger partial charge in [0.2, 0.25) is 0 Å². The fourth-order valence-electron chi connectivity index (χ4n) is 8.64. The Labute approximate surface area is 280 Å². The van der Waals surface area contributed by atoms with Crippen molar-refractivity contribution in [2.45, 2.75) is 19.3 Å². The number of hydrogen-bond donors (Lipinski definition) is 0. The summed E-state index contributed by atoms with van der Waals surface area (Å²) in [6.07, 6.45) is 17.1. The Balaban J connectivity index is 1.22. The Morgan fingerprint density at radius 3 is 2.00 bits per heavy atom. The maximum absolute atomic E-state index is 2.47. The molecule has 226 valence electrons. The molecule has 0 heteroatoms. The van der Waals surface area contributed by atoms with Crippen molar-refractivity contribution in [2.75, 3.05) is 0 Å². The van der Waals surface area contributed by atoms with Gasteiger partial charge in [0.25, 0.3) is 0 Å². The molecule has 10 rings (SSSR count). The number of fused-ring (bicyclic) bond motifs is 6. The van der Waals surface area contributed by atoms with E-state index in [1.807, 2.05) is 0 Å². The maximum atomic E-state index is 2.47. The molecule has 0 N–H and O–H groups in total. The SMILES string of the molecule is C1=CC2=c3cc4c(-c5c6ccccc6c(-c6ccc(C7=c8ccccc8=CCC7)cc6)c6ccccc56)cccc4cc3=CCC2C=C1. The molecule has 7 aromatic carbocycles. The lowest BCUT2D eigenvalue weighted by atomic mass is 9.82. The summed E-state index contributed by atoms with van der Waals surface area (Å²) in [4.78, 5) is 0. The molecule has 0 aromatic heterocycles. The van der Waals surface area contributed by atoms with Gasteiger partial charge in [-0.05, 0) is 124 Å². The second kappa shape index (κ2) is 10.9. The molecule has 1 atom stereocenters. The largest absolute Gasteiger partial charge is 0.0767 e. The van der Waals surface area contributed by atoms with Crippen molar-refractivity contribution >= 4 is 55.6 Å². The van der Waals surface area contributed by atoms with E-state index in [9.17, 15) is 0 Å². The lowest BCUT2D eigenvalue weighted by molar-refractivity contribution is 0.864. The standard InChI is InChI=1S/C48H34/c1-3-15-37-31(11-1)13-9-21-38(37)33-23-26-34(27-24-33)47-40-17-5-7-19-42(40)48(43-20-8-6-18-41(43)47)44-22-10-14-35-29-36-28-25-32-12-2-4-16-39(32)45(36)30-46(35)44/h1-8,10-20,22-24,26-30,32H,9,21,25H2. The zero-order valence-corrected chi connectivity index (χ0v) is 26.8. The van der Waals surface area contributed by atoms with Gasteiger partial charge in [0.15, 0.2) is 0 Å². The highest BCUT2D eigenvalue weighted by Gasteiger charge is 2.20. The Hall–Kier alpha value is -5.72. The molecule has 0 spiro atoms. The molecule has 48 heavy (non-hydrogen) atoms. The summed E-state index contributed by atoms with van der Waals surface area (Å²) in [7, 11) is 0. The Morgan fingerprint density at radius 1 is 0.500 bits per heavy atom. The topological polar surface area (TPSA) is 0 Å². The average Bonchev–Trinajstić information content (AvgIpc) is 3.16. The molecule has 7 aromatic rings. The van der Waals surface area contributed by atoms with Crippen molar-refractivity contribution in [3.8, 4) is 22.3 Å². The van der Waals surface area contributed by atoms with Gasteiger partial charge in [0.1, 0.15) is 0 Å². The Kier molecular flexibility index (Phi) is 6.24. The summed E-state index contributed by atoms with van der Waals surface area (Å²) < 4.78 is 0. The van der Waals surface area contributed by atoms with E-state index in [1.165, 1.54) is 92.2 Å². The van der Waals surface area contributed by atoms with Crippen molar-refractivity contribution in [1.29, 1.82) is 0 Å². The number of rotatable bonds is 3. The maximum Gasteiger partial charge on any atom is 0.00620 e. The van der Waals surface area contributed by atoms with Crippen LogP contribution in [-0.2, 0) is 0 Å². The molecule has 0 saturated carbocycles. The van der Waals surface area contributed by atoms with E-state index in [2.05, 4.69) is 164 Å². The Bertz CT molecular complexity index is 2730. The minimum atomic E-state index is 0.462. The first-order valence-electron chi connectivity index (χ1n) is 17.3. The molecule has 0 heterocycles. The van der Waals surface area contributed by atoms with Gasteiger partial charge in [-0.1, -0.05) is 152 Å². The fourth-order valence-corrected chi connectivity index (χ4v) is 8.64. The third kappa shape index (κ3) is 4.23. The van der Waals surface area contributed by atoms with E-state index < -0.39 is 0 Å². The highest BCUT2D eigenvalue weighted by Crippen LogP contribution is 2.45. The van der Waals surface area contributed by atoms with E-state index in [-0.39, 0.29) is 0 Å². The molecular formula is C48H34. The van der Waals surface area contributed by atoms with Gasteiger partial charge < -0.3 is 0 Å². The second-order valence-corrected chi connectivity index (χ2v) is 13.4. The van der Waals surface area contributed by atoms with Crippen LogP contribution in [0.15, 0.2) is 152 Å². The van der Waals surface area contributed by atoms with Crippen molar-refractivity contribution in [2.24, 2.45) is 5.92 Å². The predicted octanol–water partition coefficient (Wildman–Crippen LogP) is 9.33. The van der Waals surface area contributed by atoms with E-state index in [0.717, 1.165) is 19.3 Å². The summed E-state index contributed by atoms with van der Waals surface area (Å²) in [5.74, 6) is 0.462. The van der Waals surface area contributed by atoms with E-state index in [4.69, 9.17) is 0 Å². The second-order valence-electron chi connectivity index (χ2n) is 13.4. The molecule has 0 aliphatic heterocycles. The zero-order chi connectivity index (χ0) is 31.6. The lowest BCUT2D eigenvalue weighted by Crippen LogP contribution is -2.32. The number of hydrogen-bond acceptors (Lipinski definition) is 0. The number of benzene rings is 7. The van der Waals surface area contributed by atoms with Crippen LogP contribution in [0.3, 0.4) is 0 Å². The van der Waals surface area contributed by atoms with Crippen LogP contribution in [-0.4, -0.2) is 0 Å². The van der Waals surface area contributed by atoms with Crippen molar-refractivity contribution in [3.05, 3.63) is 178 Å². The lowest BCUT2D eigenvalue weighted by Gasteiger charge is -2.21. The third-order valence-electron chi connectivity index (χ3n) is 10.9. The van der Waals surface area contributed by atoms with Crippen LogP contribution in [0.2, 0.25) is 0 Å². The first-order valence-corrected chi connectivity index (χ1v) is 17.3. The van der Waals surface area contributed by atoms with Crippen LogP contribution in [0.1, 0.15) is 24.8 Å². The molecule has 0 radical (unpaired) electrons. The van der Waals surface area contributed by atoms with E-state index >= 15 is 0 Å². The molecule has 3 aliphatic rings. The van der Waals surface area contributed by atoms with Crippen LogP contribution in [0.5, 0.6) is 0 Å². The minimum absolute atomic E-state index is 0.462. The minimum Gasteiger partial charge on any atom is -0.0767 e. The highest BCUT2D eigenvalue weighted by molar-refractivity contribution is 6.23. The third-order valence-corrected chi connectivity index (χ3v) is 10.9. The van der Waals surface area contributed by atoms with Gasteiger partial charge in [-0.15, -0.1) is 0 Å².